The van der Waals surface area contributed by atoms with E-state index < -0.39 is 0 Å². The molecule has 0 aromatic carbocycles. The number of anilines is 1. The highest BCUT2D eigenvalue weighted by Crippen LogP contribution is 2.37. The summed E-state index contributed by atoms with van der Waals surface area (Å²) in [6.07, 6.45) is 0.0587. The summed E-state index contributed by atoms with van der Waals surface area (Å²) >= 11 is 3.27. The zero-order valence-electron chi connectivity index (χ0n) is 7.27. The van der Waals surface area contributed by atoms with Gasteiger partial charge in [-0.05, 0) is 11.4 Å². The van der Waals surface area contributed by atoms with E-state index in [1.807, 2.05) is 22.3 Å². The second kappa shape index (κ2) is 3.25. The standard InChI is InChI=1S/C9H8N2OS2/c1-2-14-9-7(1)12-8(3-10-9)6-4-13-5-11-6/h1-2,4-5,8,10H,3H2. The number of thiophene rings is 1. The van der Waals surface area contributed by atoms with Crippen molar-refractivity contribution < 1.29 is 4.74 Å². The van der Waals surface area contributed by atoms with Crippen molar-refractivity contribution >= 4 is 27.7 Å². The number of thiazole rings is 1. The highest BCUT2D eigenvalue weighted by Gasteiger charge is 2.22. The lowest BCUT2D eigenvalue weighted by Gasteiger charge is -2.23. The van der Waals surface area contributed by atoms with Crippen LogP contribution in [-0.2, 0) is 0 Å². The van der Waals surface area contributed by atoms with Crippen molar-refractivity contribution in [1.29, 1.82) is 0 Å². The zero-order chi connectivity index (χ0) is 9.38. The third kappa shape index (κ3) is 1.29. The summed E-state index contributed by atoms with van der Waals surface area (Å²) in [7, 11) is 0. The van der Waals surface area contributed by atoms with Gasteiger partial charge in [-0.3, -0.25) is 0 Å². The van der Waals surface area contributed by atoms with Gasteiger partial charge in [0.05, 0.1) is 17.7 Å². The summed E-state index contributed by atoms with van der Waals surface area (Å²) in [6.45, 7) is 0.803. The van der Waals surface area contributed by atoms with Crippen LogP contribution in [0.1, 0.15) is 11.8 Å². The molecule has 14 heavy (non-hydrogen) atoms. The van der Waals surface area contributed by atoms with Gasteiger partial charge in [0.1, 0.15) is 5.00 Å². The Balaban J connectivity index is 1.88. The summed E-state index contributed by atoms with van der Waals surface area (Å²) in [5.74, 6) is 0.944. The topological polar surface area (TPSA) is 34.2 Å². The Morgan fingerprint density at radius 1 is 1.57 bits per heavy atom. The van der Waals surface area contributed by atoms with Crippen LogP contribution in [0.25, 0.3) is 0 Å². The largest absolute Gasteiger partial charge is 0.479 e. The minimum atomic E-state index is 0.0587. The predicted molar refractivity (Wildman–Crippen MR) is 58.3 cm³/mol. The molecule has 0 aliphatic carbocycles. The van der Waals surface area contributed by atoms with Crippen molar-refractivity contribution in [1.82, 2.24) is 4.98 Å². The Kier molecular flexibility index (Phi) is 1.92. The van der Waals surface area contributed by atoms with Crippen LogP contribution in [0, 0.1) is 0 Å². The molecule has 1 atom stereocenters. The molecule has 3 nitrogen and oxygen atoms in total. The Bertz CT molecular complexity index is 424. The predicted octanol–water partition coefficient (Wildman–Crippen LogP) is 2.75. The lowest BCUT2D eigenvalue weighted by Crippen LogP contribution is -2.22. The zero-order valence-corrected chi connectivity index (χ0v) is 8.90. The van der Waals surface area contributed by atoms with Gasteiger partial charge in [0.2, 0.25) is 0 Å². The van der Waals surface area contributed by atoms with E-state index in [0.717, 1.165) is 23.0 Å². The molecule has 0 radical (unpaired) electrons. The Morgan fingerprint density at radius 3 is 3.43 bits per heavy atom. The summed E-state index contributed by atoms with van der Waals surface area (Å²) in [6, 6.07) is 1.99. The van der Waals surface area contributed by atoms with Gasteiger partial charge in [-0.25, -0.2) is 4.98 Å². The molecule has 0 bridgehead atoms. The number of hydrogen-bond acceptors (Lipinski definition) is 5. The number of hydrogen-bond donors (Lipinski definition) is 1. The SMILES string of the molecule is c1nc(C2CNc3sccc3O2)cs1. The minimum absolute atomic E-state index is 0.0587. The van der Waals surface area contributed by atoms with Crippen molar-refractivity contribution in [2.24, 2.45) is 0 Å². The maximum Gasteiger partial charge on any atom is 0.159 e. The van der Waals surface area contributed by atoms with Gasteiger partial charge in [-0.2, -0.15) is 0 Å². The van der Waals surface area contributed by atoms with E-state index >= 15 is 0 Å². The first-order valence-corrected chi connectivity index (χ1v) is 6.12. The second-order valence-corrected chi connectivity index (χ2v) is 4.65. The fourth-order valence-corrected chi connectivity index (χ4v) is 2.77. The quantitative estimate of drug-likeness (QED) is 0.808. The Morgan fingerprint density at radius 2 is 2.57 bits per heavy atom. The molecular formula is C9H8N2OS2. The van der Waals surface area contributed by atoms with E-state index in [4.69, 9.17) is 4.74 Å². The molecule has 1 aliphatic rings. The Labute approximate surface area is 89.4 Å². The van der Waals surface area contributed by atoms with Gasteiger partial charge >= 0.3 is 0 Å². The van der Waals surface area contributed by atoms with E-state index in [-0.39, 0.29) is 6.10 Å². The third-order valence-corrected chi connectivity index (χ3v) is 3.59. The van der Waals surface area contributed by atoms with Crippen LogP contribution in [0.5, 0.6) is 5.75 Å². The monoisotopic (exact) mass is 224 g/mol. The van der Waals surface area contributed by atoms with Gasteiger partial charge in [0, 0.05) is 5.38 Å². The summed E-state index contributed by atoms with van der Waals surface area (Å²) < 4.78 is 5.81. The van der Waals surface area contributed by atoms with Gasteiger partial charge in [0.25, 0.3) is 0 Å². The van der Waals surface area contributed by atoms with Crippen molar-refractivity contribution in [2.45, 2.75) is 6.10 Å². The first-order valence-electron chi connectivity index (χ1n) is 4.29. The first kappa shape index (κ1) is 8.26. The number of fused-ring (bicyclic) bond motifs is 1. The van der Waals surface area contributed by atoms with Crippen LogP contribution < -0.4 is 10.1 Å². The van der Waals surface area contributed by atoms with Crippen LogP contribution in [0.2, 0.25) is 0 Å². The van der Waals surface area contributed by atoms with Gasteiger partial charge < -0.3 is 10.1 Å². The van der Waals surface area contributed by atoms with Gasteiger partial charge in [-0.15, -0.1) is 22.7 Å². The lowest BCUT2D eigenvalue weighted by molar-refractivity contribution is 0.208. The lowest BCUT2D eigenvalue weighted by atomic mass is 10.2. The third-order valence-electron chi connectivity index (χ3n) is 2.13. The van der Waals surface area contributed by atoms with E-state index in [0.29, 0.717) is 0 Å². The van der Waals surface area contributed by atoms with Crippen LogP contribution >= 0.6 is 22.7 Å². The number of nitrogens with zero attached hydrogens (tertiary/aromatic N) is 1. The van der Waals surface area contributed by atoms with Crippen LogP contribution in [0.15, 0.2) is 22.3 Å². The number of nitrogens with one attached hydrogen (secondary N) is 1. The van der Waals surface area contributed by atoms with Crippen LogP contribution in [0.4, 0.5) is 5.00 Å². The molecule has 3 heterocycles. The maximum atomic E-state index is 5.81. The normalized spacial score (nSPS) is 19.6. The highest BCUT2D eigenvalue weighted by molar-refractivity contribution is 7.14. The fourth-order valence-electron chi connectivity index (χ4n) is 1.45. The van der Waals surface area contributed by atoms with E-state index in [9.17, 15) is 0 Å². The average molecular weight is 224 g/mol. The molecule has 0 saturated heterocycles. The molecule has 1 unspecified atom stereocenters. The van der Waals surface area contributed by atoms with Crippen molar-refractivity contribution in [2.75, 3.05) is 11.9 Å². The van der Waals surface area contributed by atoms with Gasteiger partial charge in [-0.1, -0.05) is 0 Å². The summed E-state index contributed by atoms with van der Waals surface area (Å²) in [5, 5.41) is 8.52. The van der Waals surface area contributed by atoms with E-state index in [1.54, 1.807) is 22.7 Å². The summed E-state index contributed by atoms with van der Waals surface area (Å²) in [5.41, 5.74) is 2.85. The van der Waals surface area contributed by atoms with E-state index in [1.165, 1.54) is 0 Å². The molecule has 5 heteroatoms. The molecule has 1 aliphatic heterocycles. The maximum absolute atomic E-state index is 5.81. The number of aromatic nitrogens is 1. The molecular weight excluding hydrogens is 216 g/mol. The average Bonchev–Trinajstić information content (AvgIpc) is 2.88. The molecule has 72 valence electrons. The fraction of sp³-hybridized carbons (Fsp3) is 0.222. The van der Waals surface area contributed by atoms with Gasteiger partial charge in [0.15, 0.2) is 11.9 Å². The smallest absolute Gasteiger partial charge is 0.159 e. The van der Waals surface area contributed by atoms with Crippen molar-refractivity contribution in [3.05, 3.63) is 28.0 Å². The highest BCUT2D eigenvalue weighted by atomic mass is 32.1. The van der Waals surface area contributed by atoms with Crippen molar-refractivity contribution in [3.63, 3.8) is 0 Å². The number of ether oxygens (including phenoxy) is 1. The second-order valence-electron chi connectivity index (χ2n) is 3.01. The molecule has 3 rings (SSSR count). The molecule has 1 N–H and O–H groups in total. The molecule has 2 aromatic heterocycles. The van der Waals surface area contributed by atoms with E-state index in [2.05, 4.69) is 10.3 Å². The Hall–Kier alpha value is -1.07. The van der Waals surface area contributed by atoms with Crippen LogP contribution in [0.3, 0.4) is 0 Å². The first-order chi connectivity index (χ1) is 6.93. The minimum Gasteiger partial charge on any atom is -0.479 e. The molecule has 0 fully saturated rings. The molecule has 0 spiro atoms. The molecule has 2 aromatic rings. The van der Waals surface area contributed by atoms with Crippen LogP contribution in [-0.4, -0.2) is 11.5 Å². The van der Waals surface area contributed by atoms with Crippen molar-refractivity contribution in [3.8, 4) is 5.75 Å². The molecule has 0 saturated carbocycles. The summed E-state index contributed by atoms with van der Waals surface area (Å²) in [4.78, 5) is 4.25. The molecule has 0 amide bonds. The number of rotatable bonds is 1.